The number of benzene rings is 1. The van der Waals surface area contributed by atoms with Crippen molar-refractivity contribution < 1.29 is 22.7 Å². The van der Waals surface area contributed by atoms with Gasteiger partial charge in [-0.05, 0) is 35.3 Å². The predicted octanol–water partition coefficient (Wildman–Crippen LogP) is 2.70. The number of hydrogen-bond acceptors (Lipinski definition) is 3. The summed E-state index contributed by atoms with van der Waals surface area (Å²) in [5.41, 5.74) is 5.22. The molecule has 0 fully saturated rings. The molecule has 0 aliphatic carbocycles. The van der Waals surface area contributed by atoms with E-state index in [4.69, 9.17) is 11.5 Å². The standard InChI is InChI=1S/C9H8Cl2F4N2O/c10-8(12,13)7(18,9(11,14)15)4-1-2-5(16)6(17)3-4/h1-3,18H,16-17H2. The lowest BCUT2D eigenvalue weighted by molar-refractivity contribution is -0.224. The first-order valence-corrected chi connectivity index (χ1v) is 5.18. The van der Waals surface area contributed by atoms with E-state index in [-0.39, 0.29) is 11.4 Å². The molecule has 0 saturated heterocycles. The van der Waals surface area contributed by atoms with Crippen molar-refractivity contribution in [3.05, 3.63) is 23.8 Å². The first-order valence-electron chi connectivity index (χ1n) is 4.42. The van der Waals surface area contributed by atoms with Crippen molar-refractivity contribution in [2.45, 2.75) is 16.4 Å². The minimum absolute atomic E-state index is 0.0307. The summed E-state index contributed by atoms with van der Waals surface area (Å²) in [5, 5.41) is 0.0679. The summed E-state index contributed by atoms with van der Waals surface area (Å²) >= 11 is 9.06. The molecule has 1 aromatic carbocycles. The Bertz CT molecular complexity index is 445. The first kappa shape index (κ1) is 15.1. The summed E-state index contributed by atoms with van der Waals surface area (Å²) in [4.78, 5) is 0. The van der Waals surface area contributed by atoms with Crippen LogP contribution in [0, 0.1) is 0 Å². The zero-order valence-electron chi connectivity index (χ0n) is 8.60. The van der Waals surface area contributed by atoms with Crippen LogP contribution in [-0.2, 0) is 5.60 Å². The number of halogens is 6. The number of nitrogen functional groups attached to an aromatic ring is 2. The minimum atomic E-state index is -4.72. The summed E-state index contributed by atoms with van der Waals surface area (Å²) in [7, 11) is 0. The molecule has 102 valence electrons. The molecule has 0 aliphatic rings. The monoisotopic (exact) mass is 306 g/mol. The maximum atomic E-state index is 13.1. The second kappa shape index (κ2) is 4.32. The molecule has 0 heterocycles. The van der Waals surface area contributed by atoms with Crippen LogP contribution in [0.4, 0.5) is 28.9 Å². The highest BCUT2D eigenvalue weighted by atomic mass is 35.5. The third-order valence-corrected chi connectivity index (χ3v) is 2.87. The SMILES string of the molecule is Nc1ccc(C(O)(C(F)(F)Cl)C(F)(F)Cl)cc1N. The van der Waals surface area contributed by atoms with Crippen LogP contribution in [0.25, 0.3) is 0 Å². The van der Waals surface area contributed by atoms with Crippen molar-refractivity contribution in [3.63, 3.8) is 0 Å². The molecule has 0 aromatic heterocycles. The molecule has 0 bridgehead atoms. The molecule has 0 amide bonds. The number of aliphatic hydroxyl groups is 1. The van der Waals surface area contributed by atoms with E-state index in [1.165, 1.54) is 0 Å². The van der Waals surface area contributed by atoms with Gasteiger partial charge in [-0.2, -0.15) is 17.6 Å². The van der Waals surface area contributed by atoms with E-state index in [1.54, 1.807) is 0 Å². The van der Waals surface area contributed by atoms with E-state index in [2.05, 4.69) is 23.2 Å². The second-order valence-electron chi connectivity index (χ2n) is 3.55. The van der Waals surface area contributed by atoms with Gasteiger partial charge in [0, 0.05) is 5.56 Å². The highest BCUT2D eigenvalue weighted by Crippen LogP contribution is 2.52. The first-order chi connectivity index (χ1) is 7.91. The summed E-state index contributed by atoms with van der Waals surface area (Å²) < 4.78 is 52.3. The fraction of sp³-hybridized carbons (Fsp3) is 0.333. The van der Waals surface area contributed by atoms with Gasteiger partial charge in [-0.1, -0.05) is 6.07 Å². The van der Waals surface area contributed by atoms with E-state index >= 15 is 0 Å². The number of nitrogens with two attached hydrogens (primary N) is 2. The van der Waals surface area contributed by atoms with Crippen LogP contribution in [0.5, 0.6) is 0 Å². The van der Waals surface area contributed by atoms with E-state index < -0.39 is 21.9 Å². The van der Waals surface area contributed by atoms with Gasteiger partial charge < -0.3 is 16.6 Å². The fourth-order valence-corrected chi connectivity index (χ4v) is 1.79. The van der Waals surface area contributed by atoms with Crippen molar-refractivity contribution in [1.82, 2.24) is 0 Å². The van der Waals surface area contributed by atoms with Gasteiger partial charge in [-0.3, -0.25) is 0 Å². The van der Waals surface area contributed by atoms with Gasteiger partial charge in [-0.15, -0.1) is 0 Å². The van der Waals surface area contributed by atoms with Gasteiger partial charge in [0.25, 0.3) is 0 Å². The number of anilines is 2. The highest BCUT2D eigenvalue weighted by molar-refractivity contribution is 6.26. The summed E-state index contributed by atoms with van der Waals surface area (Å²) in [6.07, 6.45) is 0. The molecule has 3 nitrogen and oxygen atoms in total. The summed E-state index contributed by atoms with van der Waals surface area (Å²) in [6.45, 7) is 0. The topological polar surface area (TPSA) is 72.3 Å². The molecule has 0 radical (unpaired) electrons. The maximum Gasteiger partial charge on any atom is 0.361 e. The normalized spacial score (nSPS) is 13.7. The molecule has 0 saturated carbocycles. The lowest BCUT2D eigenvalue weighted by Gasteiger charge is -2.35. The zero-order chi connectivity index (χ0) is 14.4. The quantitative estimate of drug-likeness (QED) is 0.457. The van der Waals surface area contributed by atoms with Gasteiger partial charge in [-0.25, -0.2) is 0 Å². The maximum absolute atomic E-state index is 13.1. The predicted molar refractivity (Wildman–Crippen MR) is 60.8 cm³/mol. The molecule has 0 spiro atoms. The van der Waals surface area contributed by atoms with Crippen LogP contribution >= 0.6 is 23.2 Å². The molecule has 18 heavy (non-hydrogen) atoms. The van der Waals surface area contributed by atoms with E-state index in [1.807, 2.05) is 0 Å². The molecule has 0 atom stereocenters. The Kier molecular flexibility index (Phi) is 3.64. The Balaban J connectivity index is 3.51. The average Bonchev–Trinajstić information content (AvgIpc) is 2.17. The van der Waals surface area contributed by atoms with Crippen LogP contribution < -0.4 is 11.5 Å². The van der Waals surface area contributed by atoms with E-state index in [0.29, 0.717) is 6.07 Å². The molecular formula is C9H8Cl2F4N2O. The van der Waals surface area contributed by atoms with Gasteiger partial charge >= 0.3 is 10.8 Å². The lowest BCUT2D eigenvalue weighted by atomic mass is 9.93. The summed E-state index contributed by atoms with van der Waals surface area (Å²) in [5.74, 6) is 0. The van der Waals surface area contributed by atoms with Crippen molar-refractivity contribution in [1.29, 1.82) is 0 Å². The molecular weight excluding hydrogens is 299 g/mol. The summed E-state index contributed by atoms with van der Waals surface area (Å²) in [6, 6.07) is 2.36. The smallest absolute Gasteiger partial charge is 0.361 e. The molecule has 1 aromatic rings. The van der Waals surface area contributed by atoms with Crippen LogP contribution in [0.1, 0.15) is 5.56 Å². The molecule has 0 unspecified atom stereocenters. The van der Waals surface area contributed by atoms with Gasteiger partial charge in [0.15, 0.2) is 0 Å². The lowest BCUT2D eigenvalue weighted by Crippen LogP contribution is -2.52. The van der Waals surface area contributed by atoms with Crippen LogP contribution in [0.2, 0.25) is 0 Å². The van der Waals surface area contributed by atoms with Crippen LogP contribution in [0.3, 0.4) is 0 Å². The van der Waals surface area contributed by atoms with Crippen molar-refractivity contribution in [3.8, 4) is 0 Å². The van der Waals surface area contributed by atoms with E-state index in [9.17, 15) is 22.7 Å². The average molecular weight is 307 g/mol. The molecule has 1 rings (SSSR count). The van der Waals surface area contributed by atoms with Gasteiger partial charge in [0.1, 0.15) is 0 Å². The zero-order valence-corrected chi connectivity index (χ0v) is 10.1. The minimum Gasteiger partial charge on any atom is -0.397 e. The Morgan fingerprint density at radius 2 is 1.39 bits per heavy atom. The third kappa shape index (κ3) is 2.30. The van der Waals surface area contributed by atoms with Gasteiger partial charge in [0.05, 0.1) is 11.4 Å². The van der Waals surface area contributed by atoms with Crippen molar-refractivity contribution in [2.24, 2.45) is 0 Å². The number of hydrogen-bond donors (Lipinski definition) is 3. The largest absolute Gasteiger partial charge is 0.397 e. The Hall–Kier alpha value is -0.920. The Morgan fingerprint density at radius 3 is 1.72 bits per heavy atom. The second-order valence-corrected chi connectivity index (χ2v) is 4.50. The highest BCUT2D eigenvalue weighted by Gasteiger charge is 2.68. The Morgan fingerprint density at radius 1 is 0.944 bits per heavy atom. The molecule has 5 N–H and O–H groups in total. The van der Waals surface area contributed by atoms with Gasteiger partial charge in [0.2, 0.25) is 5.60 Å². The van der Waals surface area contributed by atoms with Crippen molar-refractivity contribution >= 4 is 34.6 Å². The molecule has 9 heteroatoms. The van der Waals surface area contributed by atoms with Crippen molar-refractivity contribution in [2.75, 3.05) is 11.5 Å². The number of alkyl halides is 6. The third-order valence-electron chi connectivity index (χ3n) is 2.33. The number of rotatable bonds is 3. The van der Waals surface area contributed by atoms with Crippen LogP contribution in [-0.4, -0.2) is 15.9 Å². The van der Waals surface area contributed by atoms with Crippen LogP contribution in [0.15, 0.2) is 18.2 Å². The Labute approximate surface area is 109 Å². The fourth-order valence-electron chi connectivity index (χ4n) is 1.29. The van der Waals surface area contributed by atoms with E-state index in [0.717, 1.165) is 12.1 Å². The molecule has 0 aliphatic heterocycles.